The molecule has 0 bridgehead atoms. The van der Waals surface area contributed by atoms with E-state index in [-0.39, 0.29) is 5.91 Å². The van der Waals surface area contributed by atoms with Gasteiger partial charge in [-0.1, -0.05) is 6.58 Å². The molecule has 1 rings (SSSR count). The van der Waals surface area contributed by atoms with Crippen LogP contribution in [-0.4, -0.2) is 10.9 Å². The van der Waals surface area contributed by atoms with E-state index in [1.165, 1.54) is 12.3 Å². The van der Waals surface area contributed by atoms with Crippen LogP contribution in [0.2, 0.25) is 0 Å². The van der Waals surface area contributed by atoms with E-state index in [4.69, 9.17) is 0 Å². The Morgan fingerprint density at radius 1 is 1.67 bits per heavy atom. The van der Waals surface area contributed by atoms with Gasteiger partial charge in [-0.2, -0.15) is 0 Å². The number of halogens is 1. The third-order valence-electron chi connectivity index (χ3n) is 1.16. The molecule has 12 heavy (non-hydrogen) atoms. The van der Waals surface area contributed by atoms with Gasteiger partial charge in [0.15, 0.2) is 0 Å². The molecule has 1 N–H and O–H groups in total. The molecule has 0 spiro atoms. The van der Waals surface area contributed by atoms with Crippen molar-refractivity contribution in [3.05, 3.63) is 36.9 Å². The molecular weight excluding hydrogens is 159 g/mol. The first-order chi connectivity index (χ1) is 5.72. The van der Waals surface area contributed by atoms with Gasteiger partial charge in [0.25, 0.3) is 0 Å². The number of nitrogens with one attached hydrogen (secondary N) is 1. The summed E-state index contributed by atoms with van der Waals surface area (Å²) < 4.78 is 12.5. The summed E-state index contributed by atoms with van der Waals surface area (Å²) in [4.78, 5) is 14.3. The highest BCUT2D eigenvalue weighted by atomic mass is 19.1. The van der Waals surface area contributed by atoms with Crippen LogP contribution in [0.4, 0.5) is 10.1 Å². The van der Waals surface area contributed by atoms with Gasteiger partial charge in [0.1, 0.15) is 5.82 Å². The van der Waals surface area contributed by atoms with Crippen molar-refractivity contribution in [2.75, 3.05) is 5.32 Å². The molecule has 1 aromatic rings. The number of amides is 1. The lowest BCUT2D eigenvalue weighted by Crippen LogP contribution is -2.07. The highest BCUT2D eigenvalue weighted by Crippen LogP contribution is 2.05. The van der Waals surface area contributed by atoms with E-state index in [1.54, 1.807) is 0 Å². The first-order valence-corrected chi connectivity index (χ1v) is 3.26. The van der Waals surface area contributed by atoms with Crippen molar-refractivity contribution in [3.8, 4) is 0 Å². The fraction of sp³-hybridized carbons (Fsp3) is 0. The zero-order valence-corrected chi connectivity index (χ0v) is 6.25. The van der Waals surface area contributed by atoms with Gasteiger partial charge in [-0.3, -0.25) is 9.78 Å². The van der Waals surface area contributed by atoms with E-state index in [9.17, 15) is 9.18 Å². The summed E-state index contributed by atoms with van der Waals surface area (Å²) in [6.45, 7) is 3.25. The van der Waals surface area contributed by atoms with Gasteiger partial charge in [0, 0.05) is 6.07 Å². The number of carbonyl (C=O) groups is 1. The summed E-state index contributed by atoms with van der Waals surface area (Å²) in [6.07, 6.45) is 3.51. The number of pyridine rings is 1. The third-order valence-corrected chi connectivity index (χ3v) is 1.16. The molecule has 0 aliphatic rings. The molecular formula is C8H7FN2O. The predicted octanol–water partition coefficient (Wildman–Crippen LogP) is 1.35. The van der Waals surface area contributed by atoms with Gasteiger partial charge in [0.05, 0.1) is 18.1 Å². The molecule has 0 saturated carbocycles. The van der Waals surface area contributed by atoms with Crippen LogP contribution < -0.4 is 5.32 Å². The zero-order chi connectivity index (χ0) is 8.97. The molecule has 0 unspecified atom stereocenters. The monoisotopic (exact) mass is 166 g/mol. The Morgan fingerprint density at radius 2 is 2.42 bits per heavy atom. The molecule has 3 nitrogen and oxygen atoms in total. The molecule has 0 atom stereocenters. The van der Waals surface area contributed by atoms with Gasteiger partial charge in [-0.25, -0.2) is 4.39 Å². The number of hydrogen-bond acceptors (Lipinski definition) is 2. The van der Waals surface area contributed by atoms with Crippen molar-refractivity contribution in [3.63, 3.8) is 0 Å². The SMILES string of the molecule is C=CC(=O)Nc1cncc(F)c1. The maximum absolute atomic E-state index is 12.5. The number of carbonyl (C=O) groups excluding carboxylic acids is 1. The summed E-state index contributed by atoms with van der Waals surface area (Å²) in [5.74, 6) is -0.876. The second kappa shape index (κ2) is 3.61. The molecule has 4 heteroatoms. The highest BCUT2D eigenvalue weighted by molar-refractivity contribution is 5.98. The average molecular weight is 166 g/mol. The minimum absolute atomic E-state index is 0.319. The number of rotatable bonds is 2. The molecule has 0 fully saturated rings. The number of hydrogen-bond donors (Lipinski definition) is 1. The van der Waals surface area contributed by atoms with Gasteiger partial charge < -0.3 is 5.32 Å². The van der Waals surface area contributed by atoms with Gasteiger partial charge in [-0.05, 0) is 6.08 Å². The van der Waals surface area contributed by atoms with E-state index >= 15 is 0 Å². The lowest BCUT2D eigenvalue weighted by atomic mass is 10.4. The van der Waals surface area contributed by atoms with Crippen molar-refractivity contribution in [1.82, 2.24) is 4.98 Å². The predicted molar refractivity (Wildman–Crippen MR) is 43.0 cm³/mol. The van der Waals surface area contributed by atoms with Crippen LogP contribution in [-0.2, 0) is 4.79 Å². The fourth-order valence-electron chi connectivity index (χ4n) is 0.674. The van der Waals surface area contributed by atoms with Gasteiger partial charge in [0.2, 0.25) is 5.91 Å². The summed E-state index contributed by atoms with van der Waals surface area (Å²) in [7, 11) is 0. The van der Waals surface area contributed by atoms with Crippen molar-refractivity contribution in [2.24, 2.45) is 0 Å². The van der Waals surface area contributed by atoms with Crippen LogP contribution in [0.5, 0.6) is 0 Å². The lowest BCUT2D eigenvalue weighted by Gasteiger charge is -1.99. The molecule has 0 aromatic carbocycles. The Bertz CT molecular complexity index is 312. The van der Waals surface area contributed by atoms with Crippen molar-refractivity contribution >= 4 is 11.6 Å². The molecule has 0 aliphatic carbocycles. The standard InChI is InChI=1S/C8H7FN2O/c1-2-8(12)11-7-3-6(9)4-10-5-7/h2-5H,1H2,(H,11,12). The maximum Gasteiger partial charge on any atom is 0.247 e. The minimum Gasteiger partial charge on any atom is -0.321 e. The second-order valence-corrected chi connectivity index (χ2v) is 2.09. The topological polar surface area (TPSA) is 42.0 Å². The Hall–Kier alpha value is -1.71. The van der Waals surface area contributed by atoms with Crippen molar-refractivity contribution in [1.29, 1.82) is 0 Å². The van der Waals surface area contributed by atoms with Crippen LogP contribution in [0.25, 0.3) is 0 Å². The number of anilines is 1. The second-order valence-electron chi connectivity index (χ2n) is 2.09. The Labute approximate surface area is 68.9 Å². The van der Waals surface area contributed by atoms with Crippen LogP contribution in [0.15, 0.2) is 31.1 Å². The zero-order valence-electron chi connectivity index (χ0n) is 6.25. The highest BCUT2D eigenvalue weighted by Gasteiger charge is 1.97. The third kappa shape index (κ3) is 2.16. The smallest absolute Gasteiger partial charge is 0.247 e. The molecule has 62 valence electrons. The van der Waals surface area contributed by atoms with Crippen molar-refractivity contribution < 1.29 is 9.18 Å². The summed E-state index contributed by atoms with van der Waals surface area (Å²) in [5.41, 5.74) is 0.319. The Balaban J connectivity index is 2.76. The van der Waals surface area contributed by atoms with E-state index in [0.717, 1.165) is 12.3 Å². The summed E-state index contributed by atoms with van der Waals surface area (Å²) in [6, 6.07) is 1.18. The Kier molecular flexibility index (Phi) is 2.53. The molecule has 1 heterocycles. The van der Waals surface area contributed by atoms with Crippen LogP contribution in [0.3, 0.4) is 0 Å². The van der Waals surface area contributed by atoms with Gasteiger partial charge in [-0.15, -0.1) is 0 Å². The average Bonchev–Trinajstić information content (AvgIpc) is 2.04. The molecule has 0 aliphatic heterocycles. The lowest BCUT2D eigenvalue weighted by molar-refractivity contribution is -0.111. The first-order valence-electron chi connectivity index (χ1n) is 3.26. The van der Waals surface area contributed by atoms with E-state index in [2.05, 4.69) is 16.9 Å². The van der Waals surface area contributed by atoms with Crippen LogP contribution in [0.1, 0.15) is 0 Å². The first kappa shape index (κ1) is 8.39. The van der Waals surface area contributed by atoms with Crippen LogP contribution >= 0.6 is 0 Å². The minimum atomic E-state index is -0.489. The normalized spacial score (nSPS) is 9.08. The van der Waals surface area contributed by atoms with Gasteiger partial charge >= 0.3 is 0 Å². The van der Waals surface area contributed by atoms with Crippen molar-refractivity contribution in [2.45, 2.75) is 0 Å². The summed E-state index contributed by atoms with van der Waals surface area (Å²) in [5, 5.41) is 2.37. The molecule has 1 amide bonds. The fourth-order valence-corrected chi connectivity index (χ4v) is 0.674. The van der Waals surface area contributed by atoms with E-state index in [1.807, 2.05) is 0 Å². The quantitative estimate of drug-likeness (QED) is 0.673. The molecule has 0 radical (unpaired) electrons. The summed E-state index contributed by atoms with van der Waals surface area (Å²) >= 11 is 0. The molecule has 1 aromatic heterocycles. The maximum atomic E-state index is 12.5. The van der Waals surface area contributed by atoms with E-state index < -0.39 is 5.82 Å². The largest absolute Gasteiger partial charge is 0.321 e. The van der Waals surface area contributed by atoms with Crippen LogP contribution in [0, 0.1) is 5.82 Å². The van der Waals surface area contributed by atoms with E-state index in [0.29, 0.717) is 5.69 Å². The number of nitrogens with zero attached hydrogens (tertiary/aromatic N) is 1. The number of aromatic nitrogens is 1. The molecule has 0 saturated heterocycles. The Morgan fingerprint density at radius 3 is 3.00 bits per heavy atom.